The number of pyridine rings is 1. The van der Waals surface area contributed by atoms with Crippen molar-refractivity contribution in [1.82, 2.24) is 10.3 Å². The highest BCUT2D eigenvalue weighted by atomic mass is 79.9. The van der Waals surface area contributed by atoms with Crippen molar-refractivity contribution >= 4 is 27.9 Å². The molecule has 1 N–H and O–H groups in total. The van der Waals surface area contributed by atoms with Gasteiger partial charge in [0.25, 0.3) is 5.91 Å². The molecule has 1 amide bonds. The molecule has 1 heterocycles. The highest BCUT2D eigenvalue weighted by Crippen LogP contribution is 2.22. The van der Waals surface area contributed by atoms with E-state index in [0.717, 1.165) is 30.6 Å². The monoisotopic (exact) mass is 441 g/mol. The second kappa shape index (κ2) is 11.3. The maximum absolute atomic E-state index is 12.7. The van der Waals surface area contributed by atoms with Gasteiger partial charge in [0.15, 0.2) is 0 Å². The molecule has 0 spiro atoms. The molecule has 6 heteroatoms. The Kier molecular flexibility index (Phi) is 8.70. The lowest BCUT2D eigenvalue weighted by Gasteiger charge is -2.19. The first kappa shape index (κ1) is 21.6. The van der Waals surface area contributed by atoms with Crippen LogP contribution in [0.2, 0.25) is 0 Å². The van der Waals surface area contributed by atoms with E-state index in [2.05, 4.69) is 40.1 Å². The van der Waals surface area contributed by atoms with Crippen molar-refractivity contribution < 1.29 is 9.53 Å². The number of rotatable bonds is 9. The molecule has 0 radical (unpaired) electrons. The Morgan fingerprint density at radius 1 is 1.25 bits per heavy atom. The van der Waals surface area contributed by atoms with Crippen molar-refractivity contribution in [2.24, 2.45) is 0 Å². The fourth-order valence-corrected chi connectivity index (χ4v) is 3.02. The standard InChI is InChI=1S/C22H24BrN3O2/c1-3-6-20(16-9-11-19(12-10-16)28-13-4-2)26-22(27)17(15-24)14-18-7-5-8-21(23)25-18/h5,7-12,14,20H,3-4,6,13H2,1-2H3,(H,26,27). The number of hydrogen-bond donors (Lipinski definition) is 1. The molecule has 5 nitrogen and oxygen atoms in total. The third kappa shape index (κ3) is 6.50. The van der Waals surface area contributed by atoms with E-state index >= 15 is 0 Å². The summed E-state index contributed by atoms with van der Waals surface area (Å²) in [7, 11) is 0. The molecule has 2 aromatic rings. The first-order valence-electron chi connectivity index (χ1n) is 9.35. The van der Waals surface area contributed by atoms with Crippen LogP contribution < -0.4 is 10.1 Å². The number of carbonyl (C=O) groups excluding carboxylic acids is 1. The molecule has 1 aromatic carbocycles. The van der Waals surface area contributed by atoms with Gasteiger partial charge in [-0.1, -0.05) is 38.5 Å². The van der Waals surface area contributed by atoms with E-state index in [1.165, 1.54) is 6.08 Å². The maximum atomic E-state index is 12.7. The van der Waals surface area contributed by atoms with Gasteiger partial charge in [-0.25, -0.2) is 4.98 Å². The Labute approximate surface area is 174 Å². The van der Waals surface area contributed by atoms with Crippen LogP contribution >= 0.6 is 15.9 Å². The third-order valence-electron chi connectivity index (χ3n) is 4.03. The largest absolute Gasteiger partial charge is 0.494 e. The van der Waals surface area contributed by atoms with Crippen LogP contribution in [0.3, 0.4) is 0 Å². The normalized spacial score (nSPS) is 12.1. The molecule has 0 saturated carbocycles. The summed E-state index contributed by atoms with van der Waals surface area (Å²) in [5.74, 6) is 0.402. The highest BCUT2D eigenvalue weighted by molar-refractivity contribution is 9.10. The summed E-state index contributed by atoms with van der Waals surface area (Å²) in [6, 6.07) is 14.9. The van der Waals surface area contributed by atoms with Crippen molar-refractivity contribution in [3.05, 3.63) is 63.9 Å². The van der Waals surface area contributed by atoms with Crippen LogP contribution in [0.4, 0.5) is 0 Å². The maximum Gasteiger partial charge on any atom is 0.262 e. The molecule has 0 aliphatic heterocycles. The highest BCUT2D eigenvalue weighted by Gasteiger charge is 2.17. The van der Waals surface area contributed by atoms with Gasteiger partial charge in [-0.3, -0.25) is 4.79 Å². The Balaban J connectivity index is 2.15. The van der Waals surface area contributed by atoms with Gasteiger partial charge in [-0.2, -0.15) is 5.26 Å². The third-order valence-corrected chi connectivity index (χ3v) is 4.47. The van der Waals surface area contributed by atoms with Gasteiger partial charge < -0.3 is 10.1 Å². The van der Waals surface area contributed by atoms with Crippen LogP contribution in [0.5, 0.6) is 5.75 Å². The van der Waals surface area contributed by atoms with Gasteiger partial charge in [0.05, 0.1) is 18.3 Å². The van der Waals surface area contributed by atoms with Crippen molar-refractivity contribution in [2.45, 2.75) is 39.2 Å². The van der Waals surface area contributed by atoms with Crippen LogP contribution in [0, 0.1) is 11.3 Å². The summed E-state index contributed by atoms with van der Waals surface area (Å²) in [5.41, 5.74) is 1.55. The quantitative estimate of drug-likeness (QED) is 0.329. The molecular formula is C22H24BrN3O2. The van der Waals surface area contributed by atoms with Crippen LogP contribution in [0.15, 0.2) is 52.6 Å². The topological polar surface area (TPSA) is 75.0 Å². The number of carbonyl (C=O) groups is 1. The summed E-state index contributed by atoms with van der Waals surface area (Å²) >= 11 is 3.29. The zero-order chi connectivity index (χ0) is 20.4. The number of amides is 1. The van der Waals surface area contributed by atoms with Gasteiger partial charge in [0.1, 0.15) is 22.0 Å². The second-order valence-electron chi connectivity index (χ2n) is 6.29. The number of nitrogens with zero attached hydrogens (tertiary/aromatic N) is 2. The van der Waals surface area contributed by atoms with E-state index in [0.29, 0.717) is 16.9 Å². The molecule has 2 rings (SSSR count). The van der Waals surface area contributed by atoms with Crippen molar-refractivity contribution in [2.75, 3.05) is 6.61 Å². The zero-order valence-corrected chi connectivity index (χ0v) is 17.7. The van der Waals surface area contributed by atoms with E-state index in [9.17, 15) is 10.1 Å². The molecule has 0 bridgehead atoms. The lowest BCUT2D eigenvalue weighted by atomic mass is 10.0. The van der Waals surface area contributed by atoms with E-state index in [1.807, 2.05) is 30.3 Å². The zero-order valence-electron chi connectivity index (χ0n) is 16.1. The molecule has 146 valence electrons. The molecule has 0 saturated heterocycles. The predicted octanol–water partition coefficient (Wildman–Crippen LogP) is 5.20. The van der Waals surface area contributed by atoms with Gasteiger partial charge in [0.2, 0.25) is 0 Å². The fourth-order valence-electron chi connectivity index (χ4n) is 2.66. The second-order valence-corrected chi connectivity index (χ2v) is 7.10. The summed E-state index contributed by atoms with van der Waals surface area (Å²) < 4.78 is 6.26. The number of ether oxygens (including phenoxy) is 1. The first-order chi connectivity index (χ1) is 13.6. The smallest absolute Gasteiger partial charge is 0.262 e. The summed E-state index contributed by atoms with van der Waals surface area (Å²) in [6.07, 6.45) is 4.11. The lowest BCUT2D eigenvalue weighted by molar-refractivity contribution is -0.117. The number of nitrogens with one attached hydrogen (secondary N) is 1. The minimum atomic E-state index is -0.408. The van der Waals surface area contributed by atoms with Crippen LogP contribution in [-0.4, -0.2) is 17.5 Å². The summed E-state index contributed by atoms with van der Waals surface area (Å²) in [4.78, 5) is 16.9. The van der Waals surface area contributed by atoms with E-state index < -0.39 is 5.91 Å². The van der Waals surface area contributed by atoms with Crippen molar-refractivity contribution in [3.8, 4) is 11.8 Å². The van der Waals surface area contributed by atoms with Crippen LogP contribution in [0.25, 0.3) is 6.08 Å². The molecule has 0 aliphatic rings. The van der Waals surface area contributed by atoms with Crippen molar-refractivity contribution in [3.63, 3.8) is 0 Å². The number of aromatic nitrogens is 1. The number of halogens is 1. The number of hydrogen-bond acceptors (Lipinski definition) is 4. The van der Waals surface area contributed by atoms with Gasteiger partial charge in [-0.15, -0.1) is 0 Å². The number of nitriles is 1. The molecule has 0 aliphatic carbocycles. The SMILES string of the molecule is CCCOc1ccc(C(CCC)NC(=O)C(C#N)=Cc2cccc(Br)n2)cc1. The average Bonchev–Trinajstić information content (AvgIpc) is 2.70. The van der Waals surface area contributed by atoms with E-state index in [4.69, 9.17) is 4.74 Å². The predicted molar refractivity (Wildman–Crippen MR) is 114 cm³/mol. The Morgan fingerprint density at radius 3 is 2.61 bits per heavy atom. The molecule has 1 aromatic heterocycles. The van der Waals surface area contributed by atoms with Gasteiger partial charge in [0, 0.05) is 0 Å². The number of benzene rings is 1. The Bertz CT molecular complexity index is 857. The fraction of sp³-hybridized carbons (Fsp3) is 0.318. The molecule has 0 fully saturated rings. The van der Waals surface area contributed by atoms with Gasteiger partial charge >= 0.3 is 0 Å². The van der Waals surface area contributed by atoms with Crippen LogP contribution in [-0.2, 0) is 4.79 Å². The molecule has 1 atom stereocenters. The summed E-state index contributed by atoms with van der Waals surface area (Å²) in [5, 5.41) is 12.4. The average molecular weight is 442 g/mol. The Hall–Kier alpha value is -2.65. The molecular weight excluding hydrogens is 418 g/mol. The molecule has 1 unspecified atom stereocenters. The summed E-state index contributed by atoms with van der Waals surface area (Å²) in [6.45, 7) is 4.80. The first-order valence-corrected chi connectivity index (χ1v) is 10.1. The van der Waals surface area contributed by atoms with Crippen molar-refractivity contribution in [1.29, 1.82) is 5.26 Å². The molecule has 28 heavy (non-hydrogen) atoms. The van der Waals surface area contributed by atoms with E-state index in [1.54, 1.807) is 18.2 Å². The van der Waals surface area contributed by atoms with E-state index in [-0.39, 0.29) is 11.6 Å². The Morgan fingerprint density at radius 2 is 2.00 bits per heavy atom. The minimum absolute atomic E-state index is 0.0228. The lowest BCUT2D eigenvalue weighted by Crippen LogP contribution is -2.29. The minimum Gasteiger partial charge on any atom is -0.494 e. The van der Waals surface area contributed by atoms with Crippen LogP contribution in [0.1, 0.15) is 50.4 Å². The van der Waals surface area contributed by atoms with Gasteiger partial charge in [-0.05, 0) is 64.7 Å².